The first-order valence-electron chi connectivity index (χ1n) is 8.89. The first kappa shape index (κ1) is 17.0. The molecule has 1 N–H and O–H groups in total. The van der Waals surface area contributed by atoms with Crippen LogP contribution in [-0.4, -0.2) is 9.97 Å². The Hall–Kier alpha value is -3.40. The second kappa shape index (κ2) is 7.08. The number of H-pyrrole nitrogens is 1. The van der Waals surface area contributed by atoms with Crippen LogP contribution in [0.1, 0.15) is 16.7 Å². The lowest BCUT2D eigenvalue weighted by Gasteiger charge is -2.13. The molecule has 0 saturated carbocycles. The second-order valence-electron chi connectivity index (χ2n) is 6.64. The fraction of sp³-hybridized carbons (Fsp3) is 0.130. The molecule has 0 bridgehead atoms. The van der Waals surface area contributed by atoms with Crippen molar-refractivity contribution in [2.45, 2.75) is 20.5 Å². The second-order valence-corrected chi connectivity index (χ2v) is 6.64. The molecule has 4 aromatic rings. The Bertz CT molecular complexity index is 1140. The molecule has 0 fully saturated rings. The Morgan fingerprint density at radius 2 is 1.59 bits per heavy atom. The van der Waals surface area contributed by atoms with Crippen molar-refractivity contribution >= 4 is 10.9 Å². The zero-order valence-corrected chi connectivity index (χ0v) is 15.3. The predicted molar refractivity (Wildman–Crippen MR) is 108 cm³/mol. The highest BCUT2D eigenvalue weighted by Crippen LogP contribution is 2.29. The Balaban J connectivity index is 1.69. The summed E-state index contributed by atoms with van der Waals surface area (Å²) in [6.07, 6.45) is 0. The third kappa shape index (κ3) is 3.47. The normalized spacial score (nSPS) is 10.9. The van der Waals surface area contributed by atoms with Gasteiger partial charge in [0.05, 0.1) is 10.9 Å². The van der Waals surface area contributed by atoms with E-state index in [1.54, 1.807) is 6.07 Å². The molecular weight excluding hydrogens is 336 g/mol. The van der Waals surface area contributed by atoms with Crippen LogP contribution in [0.2, 0.25) is 0 Å². The van der Waals surface area contributed by atoms with E-state index in [4.69, 9.17) is 4.74 Å². The molecule has 0 radical (unpaired) electrons. The molecule has 4 heteroatoms. The largest absolute Gasteiger partial charge is 0.489 e. The Morgan fingerprint density at radius 1 is 0.926 bits per heavy atom. The number of nitrogens with zero attached hydrogens (tertiary/aromatic N) is 1. The zero-order valence-electron chi connectivity index (χ0n) is 15.3. The minimum absolute atomic E-state index is 0.126. The molecule has 0 aliphatic carbocycles. The average Bonchev–Trinajstić information content (AvgIpc) is 2.67. The summed E-state index contributed by atoms with van der Waals surface area (Å²) >= 11 is 0. The van der Waals surface area contributed by atoms with E-state index in [-0.39, 0.29) is 5.56 Å². The molecule has 4 rings (SSSR count). The molecule has 1 heterocycles. The molecule has 0 aliphatic rings. The lowest BCUT2D eigenvalue weighted by atomic mass is 10.0. The maximum atomic E-state index is 12.4. The summed E-state index contributed by atoms with van der Waals surface area (Å²) in [6.45, 7) is 4.53. The van der Waals surface area contributed by atoms with E-state index in [0.717, 1.165) is 28.0 Å². The highest BCUT2D eigenvalue weighted by Gasteiger charge is 2.12. The van der Waals surface area contributed by atoms with Crippen molar-refractivity contribution in [1.82, 2.24) is 9.97 Å². The van der Waals surface area contributed by atoms with Gasteiger partial charge in [0.1, 0.15) is 18.2 Å². The smallest absolute Gasteiger partial charge is 0.259 e. The Labute approximate surface area is 157 Å². The number of rotatable bonds is 4. The van der Waals surface area contributed by atoms with Crippen LogP contribution in [0.4, 0.5) is 0 Å². The maximum absolute atomic E-state index is 12.4. The van der Waals surface area contributed by atoms with Crippen molar-refractivity contribution in [1.29, 1.82) is 0 Å². The quantitative estimate of drug-likeness (QED) is 0.572. The van der Waals surface area contributed by atoms with E-state index in [2.05, 4.69) is 9.97 Å². The van der Waals surface area contributed by atoms with Gasteiger partial charge in [-0.15, -0.1) is 0 Å². The summed E-state index contributed by atoms with van der Waals surface area (Å²) in [5.74, 6) is 1.39. The molecule has 0 unspecified atom stereocenters. The summed E-state index contributed by atoms with van der Waals surface area (Å²) in [4.78, 5) is 20.0. The van der Waals surface area contributed by atoms with Crippen LogP contribution in [0.15, 0.2) is 71.5 Å². The van der Waals surface area contributed by atoms with Gasteiger partial charge < -0.3 is 9.72 Å². The first-order chi connectivity index (χ1) is 13.1. The maximum Gasteiger partial charge on any atom is 0.259 e. The van der Waals surface area contributed by atoms with Crippen LogP contribution in [0, 0.1) is 13.8 Å². The van der Waals surface area contributed by atoms with E-state index < -0.39 is 0 Å². The number of aryl methyl sites for hydroxylation is 2. The van der Waals surface area contributed by atoms with Crippen LogP contribution in [-0.2, 0) is 6.61 Å². The number of benzene rings is 3. The Kier molecular flexibility index (Phi) is 4.47. The van der Waals surface area contributed by atoms with Gasteiger partial charge in [0.25, 0.3) is 5.56 Å². The molecule has 0 atom stereocenters. The summed E-state index contributed by atoms with van der Waals surface area (Å²) in [6, 6.07) is 21.4. The summed E-state index contributed by atoms with van der Waals surface area (Å²) in [5, 5.41) is 0.597. The van der Waals surface area contributed by atoms with E-state index in [0.29, 0.717) is 23.3 Å². The number of hydrogen-bond acceptors (Lipinski definition) is 3. The van der Waals surface area contributed by atoms with Crippen LogP contribution < -0.4 is 10.3 Å². The van der Waals surface area contributed by atoms with Gasteiger partial charge in [0, 0.05) is 5.56 Å². The third-order valence-corrected chi connectivity index (χ3v) is 4.60. The number of aromatic nitrogens is 2. The van der Waals surface area contributed by atoms with Crippen molar-refractivity contribution in [2.75, 3.05) is 0 Å². The van der Waals surface area contributed by atoms with Gasteiger partial charge in [-0.05, 0) is 54.8 Å². The molecule has 1 aromatic heterocycles. The first-order valence-corrected chi connectivity index (χ1v) is 8.89. The van der Waals surface area contributed by atoms with Crippen molar-refractivity contribution in [3.05, 3.63) is 93.8 Å². The minimum atomic E-state index is -0.126. The van der Waals surface area contributed by atoms with Gasteiger partial charge in [0.2, 0.25) is 0 Å². The molecule has 0 amide bonds. The topological polar surface area (TPSA) is 55.0 Å². The van der Waals surface area contributed by atoms with Gasteiger partial charge in [-0.3, -0.25) is 4.79 Å². The van der Waals surface area contributed by atoms with E-state index in [1.807, 2.05) is 74.5 Å². The number of hydrogen-bond donors (Lipinski definition) is 1. The molecule has 4 nitrogen and oxygen atoms in total. The van der Waals surface area contributed by atoms with Gasteiger partial charge in [0.15, 0.2) is 0 Å². The van der Waals surface area contributed by atoms with Crippen LogP contribution in [0.25, 0.3) is 22.3 Å². The van der Waals surface area contributed by atoms with E-state index >= 15 is 0 Å². The van der Waals surface area contributed by atoms with Crippen molar-refractivity contribution in [3.63, 3.8) is 0 Å². The fourth-order valence-corrected chi connectivity index (χ4v) is 3.33. The van der Waals surface area contributed by atoms with Crippen LogP contribution in [0.3, 0.4) is 0 Å². The number of nitrogens with one attached hydrogen (secondary N) is 1. The molecule has 27 heavy (non-hydrogen) atoms. The monoisotopic (exact) mass is 356 g/mol. The predicted octanol–water partition coefficient (Wildman–Crippen LogP) is 4.79. The minimum Gasteiger partial charge on any atom is -0.489 e. The number of aromatic amines is 1. The highest BCUT2D eigenvalue weighted by molar-refractivity contribution is 5.80. The summed E-state index contributed by atoms with van der Waals surface area (Å²) in [7, 11) is 0. The summed E-state index contributed by atoms with van der Waals surface area (Å²) < 4.78 is 5.95. The standard InChI is InChI=1S/C23H20N2O2/c1-15-12-18(27-14-17-8-4-3-5-9-17)13-16(2)21(15)22-24-20-11-7-6-10-19(20)23(26)25-22/h3-13H,14H2,1-2H3,(H,24,25,26). The third-order valence-electron chi connectivity index (χ3n) is 4.60. The molecule has 0 saturated heterocycles. The zero-order chi connectivity index (χ0) is 18.8. The SMILES string of the molecule is Cc1cc(OCc2ccccc2)cc(C)c1-c1nc2ccccc2c(=O)[nH]1. The molecule has 0 aliphatic heterocycles. The van der Waals surface area contributed by atoms with E-state index in [1.165, 1.54) is 0 Å². The van der Waals surface area contributed by atoms with Gasteiger partial charge in [-0.2, -0.15) is 0 Å². The van der Waals surface area contributed by atoms with Gasteiger partial charge >= 0.3 is 0 Å². The van der Waals surface area contributed by atoms with Crippen molar-refractivity contribution in [2.24, 2.45) is 0 Å². The van der Waals surface area contributed by atoms with E-state index in [9.17, 15) is 4.79 Å². The molecule has 134 valence electrons. The summed E-state index contributed by atoms with van der Waals surface area (Å²) in [5.41, 5.74) is 4.65. The number of fused-ring (bicyclic) bond motifs is 1. The van der Waals surface area contributed by atoms with Crippen molar-refractivity contribution < 1.29 is 4.74 Å². The van der Waals surface area contributed by atoms with Gasteiger partial charge in [-0.25, -0.2) is 4.98 Å². The lowest BCUT2D eigenvalue weighted by Crippen LogP contribution is -2.10. The number of para-hydroxylation sites is 1. The lowest BCUT2D eigenvalue weighted by molar-refractivity contribution is 0.306. The average molecular weight is 356 g/mol. The number of ether oxygens (including phenoxy) is 1. The van der Waals surface area contributed by atoms with Crippen molar-refractivity contribution in [3.8, 4) is 17.1 Å². The molecule has 3 aromatic carbocycles. The Morgan fingerprint density at radius 3 is 2.33 bits per heavy atom. The van der Waals surface area contributed by atoms with Crippen LogP contribution >= 0.6 is 0 Å². The molecule has 0 spiro atoms. The van der Waals surface area contributed by atoms with Gasteiger partial charge in [-0.1, -0.05) is 42.5 Å². The van der Waals surface area contributed by atoms with Crippen LogP contribution in [0.5, 0.6) is 5.75 Å². The highest BCUT2D eigenvalue weighted by atomic mass is 16.5. The fourth-order valence-electron chi connectivity index (χ4n) is 3.33. The molecular formula is C23H20N2O2.